The smallest absolute Gasteiger partial charge is 0.0882 e. The molecule has 1 heteroatoms. The van der Waals surface area contributed by atoms with E-state index in [2.05, 4.69) is 84.9 Å². The molecule has 0 aliphatic heterocycles. The van der Waals surface area contributed by atoms with Crippen LogP contribution in [0.4, 0.5) is 0 Å². The fraction of sp³-hybridized carbons (Fsp3) is 0.600. The van der Waals surface area contributed by atoms with E-state index in [1.807, 2.05) is 0 Å². The van der Waals surface area contributed by atoms with Crippen LogP contribution >= 0.6 is 0 Å². The Labute approximate surface area is 133 Å². The van der Waals surface area contributed by atoms with Crippen molar-refractivity contribution in [1.82, 2.24) is 0 Å². The largest absolute Gasteiger partial charge is 0.150 e. The number of benzene rings is 1. The molecule has 1 aromatic rings. The number of rotatable bonds is 7. The molecule has 2 atom stereocenters. The van der Waals surface area contributed by atoms with Gasteiger partial charge in [-0.25, -0.2) is 0 Å². The summed E-state index contributed by atoms with van der Waals surface area (Å²) in [6, 6.07) is 10.7. The molecule has 1 aromatic carbocycles. The highest BCUT2D eigenvalue weighted by atomic mass is 14.1. The summed E-state index contributed by atoms with van der Waals surface area (Å²) in [5.41, 5.74) is 2.76. The zero-order valence-corrected chi connectivity index (χ0v) is 15.1. The van der Waals surface area contributed by atoms with E-state index >= 15 is 0 Å². The Kier molecular flexibility index (Phi) is 7.28. The van der Waals surface area contributed by atoms with Gasteiger partial charge in [0.15, 0.2) is 0 Å². The van der Waals surface area contributed by atoms with Gasteiger partial charge >= 0.3 is 0 Å². The van der Waals surface area contributed by atoms with Crippen molar-refractivity contribution in [2.45, 2.75) is 66.4 Å². The van der Waals surface area contributed by atoms with E-state index in [1.54, 1.807) is 0 Å². The molecule has 0 heterocycles. The minimum atomic E-state index is 0.752. The molecule has 0 aliphatic carbocycles. The van der Waals surface area contributed by atoms with E-state index in [-0.39, 0.29) is 0 Å². The minimum Gasteiger partial charge on any atom is -0.0882 e. The quantitative estimate of drug-likeness (QED) is 0.490. The van der Waals surface area contributed by atoms with Crippen LogP contribution in [0.15, 0.2) is 36.4 Å². The lowest BCUT2D eigenvalue weighted by Crippen LogP contribution is -2.29. The Morgan fingerprint density at radius 1 is 0.905 bits per heavy atom. The Balaban J connectivity index is 2.86. The summed E-state index contributed by atoms with van der Waals surface area (Å²) >= 11 is 0. The second kappa shape index (κ2) is 8.46. The Morgan fingerprint density at radius 3 is 1.81 bits per heavy atom. The zero-order valence-electron chi connectivity index (χ0n) is 15.1. The SMILES string of the molecule is C/C(=C\CB(C(C)C(C)C)C(C)C(C)C)c1ccccc1. The second-order valence-electron chi connectivity index (χ2n) is 7.36. The van der Waals surface area contributed by atoms with Crippen molar-refractivity contribution in [1.29, 1.82) is 0 Å². The van der Waals surface area contributed by atoms with Gasteiger partial charge in [0.25, 0.3) is 0 Å². The van der Waals surface area contributed by atoms with Crippen LogP contribution in [0.1, 0.15) is 54.0 Å². The summed E-state index contributed by atoms with van der Waals surface area (Å²) in [5, 5.41) is 0. The van der Waals surface area contributed by atoms with Crippen LogP contribution in [0, 0.1) is 11.8 Å². The normalized spacial score (nSPS) is 15.4. The lowest BCUT2D eigenvalue weighted by atomic mass is 9.30. The molecule has 0 nitrogen and oxygen atoms in total. The highest BCUT2D eigenvalue weighted by Gasteiger charge is 2.30. The van der Waals surface area contributed by atoms with Crippen molar-refractivity contribution in [3.8, 4) is 0 Å². The van der Waals surface area contributed by atoms with Crippen LogP contribution in [0.3, 0.4) is 0 Å². The molecule has 0 aliphatic rings. The van der Waals surface area contributed by atoms with Gasteiger partial charge in [-0.3, -0.25) is 0 Å². The Bertz CT molecular complexity index is 416. The lowest BCUT2D eigenvalue weighted by molar-refractivity contribution is 0.561. The summed E-state index contributed by atoms with van der Waals surface area (Å²) < 4.78 is 0. The van der Waals surface area contributed by atoms with Gasteiger partial charge in [-0.15, -0.1) is 0 Å². The number of hydrogen-bond donors (Lipinski definition) is 0. The van der Waals surface area contributed by atoms with Crippen molar-refractivity contribution in [2.24, 2.45) is 11.8 Å². The maximum atomic E-state index is 2.46. The van der Waals surface area contributed by atoms with Crippen LogP contribution in [-0.2, 0) is 0 Å². The molecule has 0 amide bonds. The van der Waals surface area contributed by atoms with Gasteiger partial charge in [0.05, 0.1) is 0 Å². The molecule has 1 rings (SSSR count). The third-order valence-corrected chi connectivity index (χ3v) is 5.38. The third kappa shape index (κ3) is 5.38. The standard InChI is InChI=1S/C20H33B/c1-15(2)18(6)21(19(7)16(3)4)14-13-17(5)20-11-9-8-10-12-20/h8-13,15-16,18-19H,14H2,1-7H3/b17-13+. The molecule has 2 unspecified atom stereocenters. The minimum absolute atomic E-state index is 0.752. The molecular formula is C20H33B. The molecule has 0 saturated heterocycles. The molecule has 0 spiro atoms. The van der Waals surface area contributed by atoms with Crippen molar-refractivity contribution in [3.63, 3.8) is 0 Å². The van der Waals surface area contributed by atoms with Crippen molar-refractivity contribution in [3.05, 3.63) is 42.0 Å². The van der Waals surface area contributed by atoms with Gasteiger partial charge in [0, 0.05) is 0 Å². The summed E-state index contributed by atoms with van der Waals surface area (Å²) in [6.45, 7) is 17.3. The first-order chi connectivity index (χ1) is 9.84. The highest BCUT2D eigenvalue weighted by molar-refractivity contribution is 6.62. The molecule has 0 saturated carbocycles. The van der Waals surface area contributed by atoms with Crippen LogP contribution in [-0.4, -0.2) is 6.71 Å². The van der Waals surface area contributed by atoms with E-state index in [0.29, 0.717) is 0 Å². The maximum absolute atomic E-state index is 2.46. The topological polar surface area (TPSA) is 0 Å². The molecule has 0 radical (unpaired) electrons. The molecule has 0 N–H and O–H groups in total. The van der Waals surface area contributed by atoms with Crippen molar-refractivity contribution >= 4 is 12.3 Å². The summed E-state index contributed by atoms with van der Waals surface area (Å²) in [5.74, 6) is 3.03. The molecule has 0 fully saturated rings. The fourth-order valence-electron chi connectivity index (χ4n) is 3.03. The highest BCUT2D eigenvalue weighted by Crippen LogP contribution is 2.35. The number of hydrogen-bond acceptors (Lipinski definition) is 0. The van der Waals surface area contributed by atoms with Crippen LogP contribution in [0.5, 0.6) is 0 Å². The van der Waals surface area contributed by atoms with Crippen molar-refractivity contribution < 1.29 is 0 Å². The monoisotopic (exact) mass is 284 g/mol. The van der Waals surface area contributed by atoms with Crippen molar-refractivity contribution in [2.75, 3.05) is 0 Å². The second-order valence-corrected chi connectivity index (χ2v) is 7.36. The predicted molar refractivity (Wildman–Crippen MR) is 99.2 cm³/mol. The number of allylic oxidation sites excluding steroid dienone is 2. The molecule has 0 aromatic heterocycles. The first kappa shape index (κ1) is 18.1. The Hall–Kier alpha value is -0.975. The first-order valence-corrected chi connectivity index (χ1v) is 8.56. The maximum Gasteiger partial charge on any atom is 0.150 e. The Morgan fingerprint density at radius 2 is 1.38 bits per heavy atom. The van der Waals surface area contributed by atoms with Gasteiger partial charge in [-0.1, -0.05) is 108 Å². The molecule has 21 heavy (non-hydrogen) atoms. The van der Waals surface area contributed by atoms with Gasteiger partial charge < -0.3 is 0 Å². The van der Waals surface area contributed by atoms with Crippen LogP contribution in [0.2, 0.25) is 18.0 Å². The van der Waals surface area contributed by atoms with Gasteiger partial charge in [0.1, 0.15) is 6.71 Å². The average molecular weight is 284 g/mol. The summed E-state index contributed by atoms with van der Waals surface area (Å²) in [7, 11) is 0. The third-order valence-electron chi connectivity index (χ3n) is 5.38. The van der Waals surface area contributed by atoms with E-state index in [4.69, 9.17) is 0 Å². The summed E-state index contributed by atoms with van der Waals surface area (Å²) in [4.78, 5) is 0. The van der Waals surface area contributed by atoms with E-state index in [0.717, 1.165) is 30.2 Å². The van der Waals surface area contributed by atoms with Gasteiger partial charge in [0.2, 0.25) is 0 Å². The van der Waals surface area contributed by atoms with E-state index < -0.39 is 0 Å². The fourth-order valence-corrected chi connectivity index (χ4v) is 3.03. The van der Waals surface area contributed by atoms with Gasteiger partial charge in [-0.2, -0.15) is 0 Å². The molecular weight excluding hydrogens is 251 g/mol. The first-order valence-electron chi connectivity index (χ1n) is 8.56. The lowest BCUT2D eigenvalue weighted by Gasteiger charge is -2.31. The van der Waals surface area contributed by atoms with Crippen LogP contribution < -0.4 is 0 Å². The predicted octanol–water partition coefficient (Wildman–Crippen LogP) is 6.68. The van der Waals surface area contributed by atoms with Gasteiger partial charge in [-0.05, 0) is 18.1 Å². The van der Waals surface area contributed by atoms with E-state index in [9.17, 15) is 0 Å². The zero-order chi connectivity index (χ0) is 16.0. The van der Waals surface area contributed by atoms with E-state index in [1.165, 1.54) is 17.5 Å². The summed E-state index contributed by atoms with van der Waals surface area (Å²) in [6.07, 6.45) is 3.65. The molecule has 0 bridgehead atoms. The average Bonchev–Trinajstić information content (AvgIpc) is 2.47. The molecule has 116 valence electrons. The van der Waals surface area contributed by atoms with Crippen LogP contribution in [0.25, 0.3) is 5.57 Å².